The van der Waals surface area contributed by atoms with E-state index >= 15 is 0 Å². The number of nitrogens with one attached hydrogen (secondary N) is 1. The number of hydrogen-bond donors (Lipinski definition) is 1. The third-order valence-corrected chi connectivity index (χ3v) is 5.36. The molecule has 2 aromatic carbocycles. The highest BCUT2D eigenvalue weighted by molar-refractivity contribution is 5.38. The molecule has 1 N–H and O–H groups in total. The van der Waals surface area contributed by atoms with E-state index in [-0.39, 0.29) is 0 Å². The zero-order valence-corrected chi connectivity index (χ0v) is 17.3. The van der Waals surface area contributed by atoms with Crippen LogP contribution in [0.3, 0.4) is 0 Å². The quantitative estimate of drug-likeness (QED) is 0.492. The number of likely N-dealkylation sites (tertiary alicyclic amines) is 1. The fourth-order valence-corrected chi connectivity index (χ4v) is 3.71. The van der Waals surface area contributed by atoms with E-state index in [0.717, 1.165) is 49.7 Å². The minimum atomic E-state index is 0.627. The van der Waals surface area contributed by atoms with Crippen LogP contribution in [0.5, 0.6) is 11.5 Å². The number of hydrogen-bond acceptors (Lipinski definition) is 6. The van der Waals surface area contributed by atoms with E-state index in [2.05, 4.69) is 55.9 Å². The van der Waals surface area contributed by atoms with Gasteiger partial charge in [0.2, 0.25) is 0 Å². The van der Waals surface area contributed by atoms with Crippen LogP contribution in [0, 0.1) is 0 Å². The van der Waals surface area contributed by atoms with Crippen LogP contribution in [0.4, 0.5) is 0 Å². The van der Waals surface area contributed by atoms with Gasteiger partial charge in [-0.15, -0.1) is 10.2 Å². The summed E-state index contributed by atoms with van der Waals surface area (Å²) in [6, 6.07) is 16.6. The molecule has 4 rings (SSSR count). The van der Waals surface area contributed by atoms with Crippen LogP contribution in [-0.2, 0) is 12.8 Å². The van der Waals surface area contributed by atoms with Gasteiger partial charge in [0.05, 0.1) is 6.61 Å². The maximum Gasteiger partial charge on any atom is 0.174 e. The molecule has 0 saturated carbocycles. The molecule has 1 saturated heterocycles. The van der Waals surface area contributed by atoms with E-state index in [0.29, 0.717) is 6.61 Å². The third kappa shape index (κ3) is 6.03. The van der Waals surface area contributed by atoms with Crippen molar-refractivity contribution in [2.75, 3.05) is 32.8 Å². The van der Waals surface area contributed by atoms with Crippen LogP contribution < -0.4 is 9.47 Å². The summed E-state index contributed by atoms with van der Waals surface area (Å²) in [4.78, 5) is 2.48. The molecule has 1 aliphatic rings. The van der Waals surface area contributed by atoms with Crippen LogP contribution in [0.15, 0.2) is 48.5 Å². The number of benzene rings is 2. The van der Waals surface area contributed by atoms with Gasteiger partial charge < -0.3 is 9.47 Å². The van der Waals surface area contributed by atoms with Crippen LogP contribution in [0.2, 0.25) is 0 Å². The van der Waals surface area contributed by atoms with Crippen molar-refractivity contribution in [3.05, 3.63) is 65.5 Å². The van der Waals surface area contributed by atoms with E-state index < -0.39 is 0 Å². The van der Waals surface area contributed by atoms with Crippen molar-refractivity contribution in [2.24, 2.45) is 0 Å². The number of para-hydroxylation sites is 1. The average Bonchev–Trinajstić information content (AvgIpc) is 3.48. The third-order valence-electron chi connectivity index (χ3n) is 5.36. The number of aryl methyl sites for hydroxylation is 1. The molecule has 1 fully saturated rings. The van der Waals surface area contributed by atoms with Crippen molar-refractivity contribution in [1.82, 2.24) is 25.5 Å². The molecule has 0 atom stereocenters. The molecule has 7 nitrogen and oxygen atoms in total. The smallest absolute Gasteiger partial charge is 0.174 e. The number of rotatable bonds is 11. The Kier molecular flexibility index (Phi) is 7.28. The summed E-state index contributed by atoms with van der Waals surface area (Å²) in [7, 11) is 0. The van der Waals surface area contributed by atoms with E-state index in [1.165, 1.54) is 37.1 Å². The number of aromatic nitrogens is 4. The highest BCUT2D eigenvalue weighted by atomic mass is 16.5. The molecular formula is C23H29N5O2. The normalized spacial score (nSPS) is 14.1. The average molecular weight is 408 g/mol. The van der Waals surface area contributed by atoms with Gasteiger partial charge in [-0.25, -0.2) is 0 Å². The van der Waals surface area contributed by atoms with Gasteiger partial charge in [-0.05, 0) is 61.7 Å². The molecule has 1 aromatic heterocycles. The standard InChI is InChI=1S/C23H29N5O2/c1-2-7-22(30-17-15-28-13-3-4-14-28)20(6-1)18-19-9-11-21(12-10-19)29-16-5-8-23-24-26-27-25-23/h1-2,6-7,9-12H,3-5,8,13-18H2,(H,24,25,26,27). The lowest BCUT2D eigenvalue weighted by Crippen LogP contribution is -2.25. The Bertz CT molecular complexity index is 877. The monoisotopic (exact) mass is 407 g/mol. The fourth-order valence-electron chi connectivity index (χ4n) is 3.71. The van der Waals surface area contributed by atoms with Gasteiger partial charge in [-0.3, -0.25) is 4.90 Å². The Morgan fingerprint density at radius 1 is 0.933 bits per heavy atom. The maximum atomic E-state index is 6.11. The van der Waals surface area contributed by atoms with Gasteiger partial charge in [-0.1, -0.05) is 35.5 Å². The molecule has 0 radical (unpaired) electrons. The van der Waals surface area contributed by atoms with Crippen molar-refractivity contribution in [3.8, 4) is 11.5 Å². The van der Waals surface area contributed by atoms with Gasteiger partial charge >= 0.3 is 0 Å². The minimum Gasteiger partial charge on any atom is -0.494 e. The van der Waals surface area contributed by atoms with Crippen molar-refractivity contribution in [1.29, 1.82) is 0 Å². The van der Waals surface area contributed by atoms with Crippen LogP contribution >= 0.6 is 0 Å². The molecular weight excluding hydrogens is 378 g/mol. The van der Waals surface area contributed by atoms with Crippen molar-refractivity contribution in [3.63, 3.8) is 0 Å². The first-order valence-electron chi connectivity index (χ1n) is 10.7. The van der Waals surface area contributed by atoms with E-state index in [1.54, 1.807) is 0 Å². The Morgan fingerprint density at radius 2 is 1.77 bits per heavy atom. The Labute approximate surface area is 177 Å². The number of nitrogens with zero attached hydrogens (tertiary/aromatic N) is 4. The summed E-state index contributed by atoms with van der Waals surface area (Å²) in [5.74, 6) is 2.58. The van der Waals surface area contributed by atoms with E-state index in [4.69, 9.17) is 9.47 Å². The number of ether oxygens (including phenoxy) is 2. The molecule has 0 bridgehead atoms. The molecule has 1 aliphatic heterocycles. The van der Waals surface area contributed by atoms with Gasteiger partial charge in [-0.2, -0.15) is 5.21 Å². The van der Waals surface area contributed by atoms with Gasteiger partial charge in [0.1, 0.15) is 18.1 Å². The van der Waals surface area contributed by atoms with Gasteiger partial charge in [0, 0.05) is 19.4 Å². The Morgan fingerprint density at radius 3 is 2.57 bits per heavy atom. The van der Waals surface area contributed by atoms with Crippen molar-refractivity contribution >= 4 is 0 Å². The zero-order chi connectivity index (χ0) is 20.4. The first-order chi connectivity index (χ1) is 14.9. The molecule has 3 aromatic rings. The fraction of sp³-hybridized carbons (Fsp3) is 0.435. The second kappa shape index (κ2) is 10.7. The summed E-state index contributed by atoms with van der Waals surface area (Å²) in [5, 5.41) is 13.9. The van der Waals surface area contributed by atoms with Crippen LogP contribution in [0.25, 0.3) is 0 Å². The Hall–Kier alpha value is -2.93. The first-order valence-corrected chi connectivity index (χ1v) is 10.7. The topological polar surface area (TPSA) is 76.2 Å². The molecule has 158 valence electrons. The number of aromatic amines is 1. The van der Waals surface area contributed by atoms with E-state index in [9.17, 15) is 0 Å². The SMILES string of the molecule is c1ccc(OCCN2CCCC2)c(Cc2ccc(OCCCc3nn[nH]n3)cc2)c1. The minimum absolute atomic E-state index is 0.627. The van der Waals surface area contributed by atoms with E-state index in [1.807, 2.05) is 18.2 Å². The summed E-state index contributed by atoms with van der Waals surface area (Å²) < 4.78 is 11.9. The molecule has 30 heavy (non-hydrogen) atoms. The predicted molar refractivity (Wildman–Crippen MR) is 115 cm³/mol. The van der Waals surface area contributed by atoms with Gasteiger partial charge in [0.15, 0.2) is 5.82 Å². The molecule has 0 amide bonds. The second-order valence-corrected chi connectivity index (χ2v) is 7.61. The second-order valence-electron chi connectivity index (χ2n) is 7.61. The molecule has 2 heterocycles. The molecule has 7 heteroatoms. The predicted octanol–water partition coefficient (Wildman–Crippen LogP) is 3.28. The molecule has 0 spiro atoms. The van der Waals surface area contributed by atoms with Crippen molar-refractivity contribution < 1.29 is 9.47 Å². The molecule has 0 unspecified atom stereocenters. The number of H-pyrrole nitrogens is 1. The zero-order valence-electron chi connectivity index (χ0n) is 17.3. The number of tetrazole rings is 1. The lowest BCUT2D eigenvalue weighted by molar-refractivity contribution is 0.236. The summed E-state index contributed by atoms with van der Waals surface area (Å²) in [5.41, 5.74) is 2.46. The summed E-state index contributed by atoms with van der Waals surface area (Å²) >= 11 is 0. The summed E-state index contributed by atoms with van der Waals surface area (Å²) in [6.45, 7) is 4.79. The van der Waals surface area contributed by atoms with Crippen molar-refractivity contribution in [2.45, 2.75) is 32.1 Å². The highest BCUT2D eigenvalue weighted by Gasteiger charge is 2.11. The molecule has 0 aliphatic carbocycles. The Balaban J connectivity index is 1.24. The van der Waals surface area contributed by atoms with Crippen LogP contribution in [0.1, 0.15) is 36.2 Å². The largest absolute Gasteiger partial charge is 0.494 e. The highest BCUT2D eigenvalue weighted by Crippen LogP contribution is 2.23. The first kappa shape index (κ1) is 20.3. The van der Waals surface area contributed by atoms with Crippen LogP contribution in [-0.4, -0.2) is 58.4 Å². The lowest BCUT2D eigenvalue weighted by Gasteiger charge is -2.16. The van der Waals surface area contributed by atoms with Gasteiger partial charge in [0.25, 0.3) is 0 Å². The lowest BCUT2D eigenvalue weighted by atomic mass is 10.0. The maximum absolute atomic E-state index is 6.11. The summed E-state index contributed by atoms with van der Waals surface area (Å²) in [6.07, 6.45) is 5.08.